The molecule has 184 valence electrons. The number of halogens is 3. The second-order valence-electron chi connectivity index (χ2n) is 8.61. The number of aromatic nitrogens is 3. The third kappa shape index (κ3) is 4.67. The second-order valence-corrected chi connectivity index (χ2v) is 9.51. The largest absolute Gasteiger partial charge is 0.435 e. The molecule has 0 saturated carbocycles. The van der Waals surface area contributed by atoms with Crippen LogP contribution in [0.2, 0.25) is 0 Å². The maximum Gasteiger partial charge on any atom is 0.435 e. The van der Waals surface area contributed by atoms with Gasteiger partial charge >= 0.3 is 6.18 Å². The van der Waals surface area contributed by atoms with Crippen LogP contribution in [0.3, 0.4) is 0 Å². The molecule has 12 heteroatoms. The van der Waals surface area contributed by atoms with Crippen molar-refractivity contribution in [3.63, 3.8) is 0 Å². The first-order valence-corrected chi connectivity index (χ1v) is 12.0. The highest BCUT2D eigenvalue weighted by molar-refractivity contribution is 7.11. The van der Waals surface area contributed by atoms with Crippen LogP contribution in [0.15, 0.2) is 41.9 Å². The van der Waals surface area contributed by atoms with Crippen molar-refractivity contribution in [3.8, 4) is 11.3 Å². The summed E-state index contributed by atoms with van der Waals surface area (Å²) in [6.07, 6.45) is -2.55. The Kier molecular flexibility index (Phi) is 6.09. The normalized spacial score (nSPS) is 19.5. The van der Waals surface area contributed by atoms with E-state index in [1.165, 1.54) is 23.1 Å². The summed E-state index contributed by atoms with van der Waals surface area (Å²) in [6.45, 7) is 2.96. The van der Waals surface area contributed by atoms with E-state index in [0.717, 1.165) is 6.07 Å². The van der Waals surface area contributed by atoms with Gasteiger partial charge in [0.2, 0.25) is 5.91 Å². The van der Waals surface area contributed by atoms with Crippen LogP contribution in [0.25, 0.3) is 11.3 Å². The molecule has 2 saturated heterocycles. The van der Waals surface area contributed by atoms with Crippen LogP contribution in [-0.2, 0) is 18.0 Å². The van der Waals surface area contributed by atoms with Gasteiger partial charge in [0.25, 0.3) is 5.91 Å². The Bertz CT molecular complexity index is 1230. The van der Waals surface area contributed by atoms with Gasteiger partial charge in [-0.25, -0.2) is 4.98 Å². The summed E-state index contributed by atoms with van der Waals surface area (Å²) in [6, 6.07) is 7.97. The molecule has 1 unspecified atom stereocenters. The molecule has 0 aliphatic carbocycles. The van der Waals surface area contributed by atoms with E-state index in [9.17, 15) is 22.8 Å². The van der Waals surface area contributed by atoms with Gasteiger partial charge in [-0.15, -0.1) is 11.3 Å². The summed E-state index contributed by atoms with van der Waals surface area (Å²) in [7, 11) is 1.47. The van der Waals surface area contributed by atoms with Gasteiger partial charge in [0.05, 0.1) is 5.69 Å². The number of piperazine rings is 1. The van der Waals surface area contributed by atoms with Gasteiger partial charge in [-0.05, 0) is 18.2 Å². The first-order valence-electron chi connectivity index (χ1n) is 11.2. The van der Waals surface area contributed by atoms with Gasteiger partial charge in [0, 0.05) is 75.1 Å². The fraction of sp³-hybridized carbons (Fsp3) is 0.391. The maximum atomic E-state index is 13.1. The number of hydrogen-bond donors (Lipinski definition) is 0. The van der Waals surface area contributed by atoms with E-state index in [1.807, 2.05) is 0 Å². The summed E-state index contributed by atoms with van der Waals surface area (Å²) in [4.78, 5) is 35.2. The number of hydrogen-bond acceptors (Lipinski definition) is 6. The number of thiazole rings is 1. The molecule has 2 aromatic heterocycles. The van der Waals surface area contributed by atoms with Crippen molar-refractivity contribution in [2.24, 2.45) is 7.05 Å². The summed E-state index contributed by atoms with van der Waals surface area (Å²) in [5.41, 5.74) is 0.564. The van der Waals surface area contributed by atoms with Crippen LogP contribution in [0.5, 0.6) is 0 Å². The van der Waals surface area contributed by atoms with E-state index in [0.29, 0.717) is 61.1 Å². The Balaban J connectivity index is 1.26. The molecule has 2 aliphatic heterocycles. The highest BCUT2D eigenvalue weighted by atomic mass is 32.1. The Morgan fingerprint density at radius 2 is 1.91 bits per heavy atom. The first-order chi connectivity index (χ1) is 16.7. The number of amides is 2. The number of carbonyl (C=O) groups excluding carboxylic acids is 2. The lowest BCUT2D eigenvalue weighted by Gasteiger charge is -2.37. The van der Waals surface area contributed by atoms with Crippen LogP contribution in [-0.4, -0.2) is 75.1 Å². The maximum absolute atomic E-state index is 13.1. The van der Waals surface area contributed by atoms with Crippen LogP contribution < -0.4 is 4.90 Å². The van der Waals surface area contributed by atoms with Crippen molar-refractivity contribution < 1.29 is 22.8 Å². The van der Waals surface area contributed by atoms with E-state index < -0.39 is 11.9 Å². The van der Waals surface area contributed by atoms with Gasteiger partial charge in [-0.1, -0.05) is 12.1 Å². The monoisotopic (exact) mass is 504 g/mol. The Morgan fingerprint density at radius 1 is 1.14 bits per heavy atom. The molecule has 8 nitrogen and oxygen atoms in total. The summed E-state index contributed by atoms with van der Waals surface area (Å²) >= 11 is 1.32. The third-order valence-electron chi connectivity index (χ3n) is 6.46. The zero-order valence-electron chi connectivity index (χ0n) is 18.9. The van der Waals surface area contributed by atoms with Crippen molar-refractivity contribution in [1.29, 1.82) is 0 Å². The molecule has 0 bridgehead atoms. The molecule has 1 atom stereocenters. The topological polar surface area (TPSA) is 74.6 Å². The Hall–Kier alpha value is -3.25. The summed E-state index contributed by atoms with van der Waals surface area (Å²) in [5.74, 6) is -0.0983. The van der Waals surface area contributed by atoms with Gasteiger partial charge < -0.3 is 9.80 Å². The highest BCUT2D eigenvalue weighted by Crippen LogP contribution is 2.33. The fourth-order valence-corrected chi connectivity index (χ4v) is 5.25. The molecule has 0 spiro atoms. The molecule has 1 aromatic carbocycles. The minimum Gasteiger partial charge on any atom is -0.334 e. The average Bonchev–Trinajstić information content (AvgIpc) is 3.58. The van der Waals surface area contributed by atoms with Crippen molar-refractivity contribution in [3.05, 3.63) is 52.6 Å². The smallest absolute Gasteiger partial charge is 0.334 e. The molecule has 3 aromatic rings. The van der Waals surface area contributed by atoms with Crippen molar-refractivity contribution in [1.82, 2.24) is 24.6 Å². The lowest BCUT2D eigenvalue weighted by Crippen LogP contribution is -2.52. The van der Waals surface area contributed by atoms with Crippen LogP contribution in [0.4, 0.5) is 18.9 Å². The lowest BCUT2D eigenvalue weighted by molar-refractivity contribution is -0.141. The SMILES string of the molecule is Cn1nc(C(F)(F)F)cc1-c1cccc(N2CC(N3CCN(C(=O)c4nccs4)CC3)CC2=O)c1. The molecule has 2 amide bonds. The van der Waals surface area contributed by atoms with Crippen LogP contribution in [0.1, 0.15) is 21.9 Å². The number of alkyl halides is 3. The molecule has 0 radical (unpaired) electrons. The van der Waals surface area contributed by atoms with E-state index in [2.05, 4.69) is 15.0 Å². The van der Waals surface area contributed by atoms with Crippen molar-refractivity contribution >= 4 is 28.8 Å². The minimum atomic E-state index is -4.53. The quantitative estimate of drug-likeness (QED) is 0.546. The molecule has 35 heavy (non-hydrogen) atoms. The van der Waals surface area contributed by atoms with Crippen LogP contribution >= 0.6 is 11.3 Å². The summed E-state index contributed by atoms with van der Waals surface area (Å²) < 4.78 is 40.4. The lowest BCUT2D eigenvalue weighted by atomic mass is 10.1. The van der Waals surface area contributed by atoms with Crippen LogP contribution in [0, 0.1) is 0 Å². The average molecular weight is 505 g/mol. The molecule has 5 rings (SSSR count). The number of anilines is 1. The predicted molar refractivity (Wildman–Crippen MR) is 124 cm³/mol. The second kappa shape index (κ2) is 9.08. The number of nitrogens with zero attached hydrogens (tertiary/aromatic N) is 6. The zero-order valence-corrected chi connectivity index (χ0v) is 19.7. The molecule has 0 N–H and O–H groups in total. The minimum absolute atomic E-state index is 0.0109. The number of carbonyl (C=O) groups is 2. The zero-order chi connectivity index (χ0) is 24.7. The number of aryl methyl sites for hydroxylation is 1. The molecule has 2 aliphatic rings. The number of rotatable bonds is 4. The standard InChI is InChI=1S/C23H23F3N6O2S/c1-29-18(13-19(28-29)23(24,25)26)15-3-2-4-16(11-15)32-14-17(12-20(32)33)30-6-8-31(9-7-30)22(34)21-27-5-10-35-21/h2-5,10-11,13,17H,6-9,12,14H2,1H3. The van der Waals surface area contributed by atoms with E-state index in [4.69, 9.17) is 0 Å². The molecular weight excluding hydrogens is 481 g/mol. The van der Waals surface area contributed by atoms with Crippen molar-refractivity contribution in [2.75, 3.05) is 37.6 Å². The molecule has 4 heterocycles. The number of benzene rings is 1. The van der Waals surface area contributed by atoms with Crippen molar-refractivity contribution in [2.45, 2.75) is 18.6 Å². The van der Waals surface area contributed by atoms with Gasteiger partial charge in [-0.3, -0.25) is 19.2 Å². The van der Waals surface area contributed by atoms with E-state index >= 15 is 0 Å². The Morgan fingerprint density at radius 3 is 2.57 bits per heavy atom. The Labute approximate surface area is 203 Å². The fourth-order valence-electron chi connectivity index (χ4n) is 4.65. The first kappa shape index (κ1) is 23.5. The van der Waals surface area contributed by atoms with Gasteiger partial charge in [0.15, 0.2) is 10.7 Å². The van der Waals surface area contributed by atoms with Gasteiger partial charge in [0.1, 0.15) is 0 Å². The predicted octanol–water partition coefficient (Wildman–Crippen LogP) is 3.13. The highest BCUT2D eigenvalue weighted by Gasteiger charge is 2.37. The molecule has 2 fully saturated rings. The van der Waals surface area contributed by atoms with Gasteiger partial charge in [-0.2, -0.15) is 18.3 Å². The third-order valence-corrected chi connectivity index (χ3v) is 7.22. The molecular formula is C23H23F3N6O2S. The van der Waals surface area contributed by atoms with E-state index in [1.54, 1.807) is 45.6 Å². The van der Waals surface area contributed by atoms with E-state index in [-0.39, 0.29) is 17.9 Å². The summed E-state index contributed by atoms with van der Waals surface area (Å²) in [5, 5.41) is 5.84.